The summed E-state index contributed by atoms with van der Waals surface area (Å²) in [7, 11) is 1.71. The third-order valence-corrected chi connectivity index (χ3v) is 2.60. The van der Waals surface area contributed by atoms with Crippen molar-refractivity contribution >= 4 is 0 Å². The highest BCUT2D eigenvalue weighted by Crippen LogP contribution is 2.25. The summed E-state index contributed by atoms with van der Waals surface area (Å²) in [6.45, 7) is 7.81. The second kappa shape index (κ2) is 9.47. The van der Waals surface area contributed by atoms with Gasteiger partial charge in [0.1, 0.15) is 0 Å². The van der Waals surface area contributed by atoms with E-state index in [0.717, 1.165) is 19.1 Å². The Hall–Kier alpha value is -0.0800. The molecule has 1 fully saturated rings. The van der Waals surface area contributed by atoms with Crippen LogP contribution in [-0.4, -0.2) is 26.4 Å². The quantitative estimate of drug-likeness (QED) is 0.651. The summed E-state index contributed by atoms with van der Waals surface area (Å²) in [5.74, 6) is 0.910. The Morgan fingerprint density at radius 1 is 1.00 bits per heavy atom. The van der Waals surface area contributed by atoms with Crippen molar-refractivity contribution in [1.29, 1.82) is 0 Å². The lowest BCUT2D eigenvalue weighted by molar-refractivity contribution is -0.00623. The minimum atomic E-state index is 0.511. The van der Waals surface area contributed by atoms with Crippen LogP contribution in [0.15, 0.2) is 0 Å². The van der Waals surface area contributed by atoms with Gasteiger partial charge in [0.15, 0.2) is 0 Å². The standard InChI is InChI=1S/C10H20O2.C2H6/c1-9-3-5-10(6-4-9)12-8-7-11-2;1-2/h9-10H,3-8H2,1-2H3;1-2H3. The third kappa shape index (κ3) is 6.39. The van der Waals surface area contributed by atoms with E-state index in [1.165, 1.54) is 25.7 Å². The van der Waals surface area contributed by atoms with Crippen LogP contribution in [0.25, 0.3) is 0 Å². The molecule has 1 aliphatic carbocycles. The van der Waals surface area contributed by atoms with E-state index < -0.39 is 0 Å². The van der Waals surface area contributed by atoms with E-state index in [2.05, 4.69) is 6.92 Å². The molecule has 14 heavy (non-hydrogen) atoms. The van der Waals surface area contributed by atoms with Crippen molar-refractivity contribution in [3.63, 3.8) is 0 Å². The Morgan fingerprint density at radius 3 is 2.07 bits per heavy atom. The molecule has 1 saturated carbocycles. The molecular weight excluding hydrogens is 176 g/mol. The number of ether oxygens (including phenoxy) is 2. The molecule has 1 aliphatic rings. The molecule has 0 aromatic heterocycles. The number of hydrogen-bond donors (Lipinski definition) is 0. The van der Waals surface area contributed by atoms with Crippen LogP contribution in [0.1, 0.15) is 46.5 Å². The summed E-state index contributed by atoms with van der Waals surface area (Å²) in [5, 5.41) is 0. The van der Waals surface area contributed by atoms with Crippen molar-refractivity contribution in [1.82, 2.24) is 0 Å². The second-order valence-corrected chi connectivity index (χ2v) is 3.75. The Morgan fingerprint density at radius 2 is 1.57 bits per heavy atom. The molecule has 2 heteroatoms. The van der Waals surface area contributed by atoms with Gasteiger partial charge in [0.05, 0.1) is 19.3 Å². The average Bonchev–Trinajstić information content (AvgIpc) is 2.24. The van der Waals surface area contributed by atoms with E-state index >= 15 is 0 Å². The van der Waals surface area contributed by atoms with Crippen LogP contribution in [0.5, 0.6) is 0 Å². The number of methoxy groups -OCH3 is 1. The maximum Gasteiger partial charge on any atom is 0.0704 e. The molecule has 0 atom stereocenters. The average molecular weight is 202 g/mol. The summed E-state index contributed by atoms with van der Waals surface area (Å²) in [6.07, 6.45) is 5.65. The zero-order valence-corrected chi connectivity index (χ0v) is 10.2. The zero-order chi connectivity index (χ0) is 10.8. The Kier molecular flexibility index (Phi) is 9.42. The van der Waals surface area contributed by atoms with E-state index in [-0.39, 0.29) is 0 Å². The first-order valence-electron chi connectivity index (χ1n) is 5.93. The Balaban J connectivity index is 0.000000791. The molecule has 0 aromatic rings. The number of hydrogen-bond acceptors (Lipinski definition) is 2. The molecule has 0 heterocycles. The van der Waals surface area contributed by atoms with Gasteiger partial charge in [0.25, 0.3) is 0 Å². The molecule has 0 N–H and O–H groups in total. The van der Waals surface area contributed by atoms with Crippen molar-refractivity contribution in [2.24, 2.45) is 5.92 Å². The van der Waals surface area contributed by atoms with Crippen molar-refractivity contribution < 1.29 is 9.47 Å². The second-order valence-electron chi connectivity index (χ2n) is 3.75. The van der Waals surface area contributed by atoms with Gasteiger partial charge in [-0.2, -0.15) is 0 Å². The highest BCUT2D eigenvalue weighted by atomic mass is 16.5. The molecule has 0 aromatic carbocycles. The van der Waals surface area contributed by atoms with E-state index in [9.17, 15) is 0 Å². The van der Waals surface area contributed by atoms with Gasteiger partial charge in [-0.25, -0.2) is 0 Å². The van der Waals surface area contributed by atoms with E-state index in [4.69, 9.17) is 9.47 Å². The fourth-order valence-electron chi connectivity index (χ4n) is 1.69. The van der Waals surface area contributed by atoms with E-state index in [1.54, 1.807) is 7.11 Å². The van der Waals surface area contributed by atoms with Crippen molar-refractivity contribution in [2.75, 3.05) is 20.3 Å². The maximum atomic E-state index is 5.65. The first-order chi connectivity index (χ1) is 6.83. The fraction of sp³-hybridized carbons (Fsp3) is 1.00. The molecule has 0 radical (unpaired) electrons. The predicted octanol–water partition coefficient (Wildman–Crippen LogP) is 3.25. The molecule has 0 saturated heterocycles. The SMILES string of the molecule is CC.COCCOC1CCC(C)CC1. The topological polar surface area (TPSA) is 18.5 Å². The summed E-state index contributed by atoms with van der Waals surface area (Å²) in [4.78, 5) is 0. The van der Waals surface area contributed by atoms with Gasteiger partial charge < -0.3 is 9.47 Å². The third-order valence-electron chi connectivity index (χ3n) is 2.60. The Bertz CT molecular complexity index is 107. The van der Waals surface area contributed by atoms with Crippen LogP contribution >= 0.6 is 0 Å². The van der Waals surface area contributed by atoms with Gasteiger partial charge in [-0.15, -0.1) is 0 Å². The van der Waals surface area contributed by atoms with Crippen LogP contribution in [0.2, 0.25) is 0 Å². The molecule has 0 amide bonds. The lowest BCUT2D eigenvalue weighted by Crippen LogP contribution is -2.21. The van der Waals surface area contributed by atoms with Crippen LogP contribution < -0.4 is 0 Å². The Labute approximate surface area is 89.0 Å². The molecule has 86 valence electrons. The maximum absolute atomic E-state index is 5.65. The van der Waals surface area contributed by atoms with Gasteiger partial charge in [-0.3, -0.25) is 0 Å². The monoisotopic (exact) mass is 202 g/mol. The largest absolute Gasteiger partial charge is 0.382 e. The van der Waals surface area contributed by atoms with E-state index in [1.807, 2.05) is 13.8 Å². The fourth-order valence-corrected chi connectivity index (χ4v) is 1.69. The lowest BCUT2D eigenvalue weighted by atomic mass is 9.89. The van der Waals surface area contributed by atoms with Crippen molar-refractivity contribution in [3.8, 4) is 0 Å². The highest BCUT2D eigenvalue weighted by molar-refractivity contribution is 4.69. The number of rotatable bonds is 4. The highest BCUT2D eigenvalue weighted by Gasteiger charge is 2.17. The zero-order valence-electron chi connectivity index (χ0n) is 10.2. The molecule has 0 unspecified atom stereocenters. The summed E-state index contributed by atoms with van der Waals surface area (Å²) < 4.78 is 10.6. The first-order valence-corrected chi connectivity index (χ1v) is 5.93. The molecule has 0 bridgehead atoms. The minimum Gasteiger partial charge on any atom is -0.382 e. The summed E-state index contributed by atoms with van der Waals surface area (Å²) in [6, 6.07) is 0. The molecular formula is C12H26O2. The molecule has 2 nitrogen and oxygen atoms in total. The predicted molar refractivity (Wildman–Crippen MR) is 60.6 cm³/mol. The van der Waals surface area contributed by atoms with Gasteiger partial charge in [0.2, 0.25) is 0 Å². The smallest absolute Gasteiger partial charge is 0.0704 e. The first kappa shape index (κ1) is 13.9. The molecule has 1 rings (SSSR count). The molecule has 0 spiro atoms. The van der Waals surface area contributed by atoms with Gasteiger partial charge >= 0.3 is 0 Å². The molecule has 0 aliphatic heterocycles. The minimum absolute atomic E-state index is 0.511. The summed E-state index contributed by atoms with van der Waals surface area (Å²) in [5.41, 5.74) is 0. The van der Waals surface area contributed by atoms with Gasteiger partial charge in [-0.05, 0) is 31.6 Å². The van der Waals surface area contributed by atoms with Gasteiger partial charge in [0, 0.05) is 7.11 Å². The van der Waals surface area contributed by atoms with Crippen molar-refractivity contribution in [2.45, 2.75) is 52.6 Å². The van der Waals surface area contributed by atoms with Crippen LogP contribution in [0, 0.1) is 5.92 Å². The summed E-state index contributed by atoms with van der Waals surface area (Å²) >= 11 is 0. The normalized spacial score (nSPS) is 26.6. The van der Waals surface area contributed by atoms with Gasteiger partial charge in [-0.1, -0.05) is 20.8 Å². The lowest BCUT2D eigenvalue weighted by Gasteiger charge is -2.26. The van der Waals surface area contributed by atoms with Crippen molar-refractivity contribution in [3.05, 3.63) is 0 Å². The van der Waals surface area contributed by atoms with Crippen LogP contribution in [0.3, 0.4) is 0 Å². The van der Waals surface area contributed by atoms with Crippen LogP contribution in [0.4, 0.5) is 0 Å². The van der Waals surface area contributed by atoms with E-state index in [0.29, 0.717) is 6.10 Å². The van der Waals surface area contributed by atoms with Crippen LogP contribution in [-0.2, 0) is 9.47 Å².